The molecule has 1 unspecified atom stereocenters. The van der Waals surface area contributed by atoms with Crippen molar-refractivity contribution in [2.24, 2.45) is 0 Å². The predicted octanol–water partition coefficient (Wildman–Crippen LogP) is 13.9. The molecule has 2 atom stereocenters. The first kappa shape index (κ1) is 59.5. The molecule has 0 aliphatic carbocycles. The SMILES string of the molecule is CC/C=C/C/C=C/C/C=C/C/C=C/C/C=C/CCCC(=O)O[C@H](COC(=O)CCCCCCCCCCCCC/C=C/CCCCCCCC)COP(=O)([O-])OCC[N+](C)(C)C. The average Bonchev–Trinajstić information content (AvgIpc) is 3.23. The molecule has 0 radical (unpaired) electrons. The second-order valence-electron chi connectivity index (χ2n) is 17.4. The van der Waals surface area contributed by atoms with Crippen LogP contribution in [0, 0.1) is 0 Å². The van der Waals surface area contributed by atoms with Crippen molar-refractivity contribution in [3.8, 4) is 0 Å². The van der Waals surface area contributed by atoms with Crippen LogP contribution in [-0.4, -0.2) is 70.0 Å². The van der Waals surface area contributed by atoms with Gasteiger partial charge in [-0.1, -0.05) is 177 Å². The third kappa shape index (κ3) is 46.9. The molecular formula is C52H92NO8P. The Labute approximate surface area is 380 Å². The number of hydrogen-bond acceptors (Lipinski definition) is 8. The smallest absolute Gasteiger partial charge is 0.306 e. The Bertz CT molecular complexity index is 1280. The number of unbranched alkanes of at least 4 members (excludes halogenated alkanes) is 18. The van der Waals surface area contributed by atoms with E-state index in [0.29, 0.717) is 23.9 Å². The number of rotatable bonds is 44. The Morgan fingerprint density at radius 2 is 0.935 bits per heavy atom. The summed E-state index contributed by atoms with van der Waals surface area (Å²) in [6.07, 6.45) is 55.1. The van der Waals surface area contributed by atoms with E-state index in [1.807, 2.05) is 27.2 Å². The highest BCUT2D eigenvalue weighted by atomic mass is 31.2. The standard InChI is InChI=1S/C52H92NO8P/c1-6-8-10-12-14-16-18-20-22-24-25-26-27-29-30-32-34-36-38-40-42-44-51(54)58-48-50(49-60-62(56,57)59-47-46-53(3,4)5)61-52(55)45-43-41-39-37-35-33-31-28-23-21-19-17-15-13-11-9-7-2/h9,11,15,17,20-23,31,33,37,39,50H,6-8,10,12-14,16,18-19,24-30,32,34-36,38,40-49H2,1-5H3/b11-9+,17-15+,22-20+,23-21+,33-31+,39-37+/t50-/m1/s1. The minimum atomic E-state index is -4.65. The Kier molecular flexibility index (Phi) is 41.9. The van der Waals surface area contributed by atoms with Gasteiger partial charge in [-0.2, -0.15) is 0 Å². The van der Waals surface area contributed by atoms with Crippen molar-refractivity contribution in [2.45, 2.75) is 200 Å². The fourth-order valence-electron chi connectivity index (χ4n) is 6.39. The predicted molar refractivity (Wildman–Crippen MR) is 259 cm³/mol. The second-order valence-corrected chi connectivity index (χ2v) is 18.9. The highest BCUT2D eigenvalue weighted by molar-refractivity contribution is 7.45. The van der Waals surface area contributed by atoms with Gasteiger partial charge in [0.1, 0.15) is 19.8 Å². The molecule has 0 aromatic heterocycles. The molecule has 358 valence electrons. The van der Waals surface area contributed by atoms with E-state index in [0.717, 1.165) is 51.4 Å². The van der Waals surface area contributed by atoms with Gasteiger partial charge in [0.15, 0.2) is 6.10 Å². The highest BCUT2D eigenvalue weighted by Crippen LogP contribution is 2.38. The Hall–Kier alpha value is -2.55. The van der Waals surface area contributed by atoms with E-state index in [4.69, 9.17) is 18.5 Å². The summed E-state index contributed by atoms with van der Waals surface area (Å²) in [7, 11) is 1.12. The van der Waals surface area contributed by atoms with E-state index in [9.17, 15) is 19.0 Å². The summed E-state index contributed by atoms with van der Waals surface area (Å²) in [5, 5.41) is 0. The van der Waals surface area contributed by atoms with Crippen LogP contribution in [0.4, 0.5) is 0 Å². The van der Waals surface area contributed by atoms with Gasteiger partial charge in [-0.3, -0.25) is 14.2 Å². The molecule has 0 aliphatic rings. The lowest BCUT2D eigenvalue weighted by Crippen LogP contribution is -2.37. The summed E-state index contributed by atoms with van der Waals surface area (Å²) in [6, 6.07) is 0. The average molecular weight is 890 g/mol. The zero-order valence-electron chi connectivity index (χ0n) is 40.3. The lowest BCUT2D eigenvalue weighted by atomic mass is 10.0. The maximum atomic E-state index is 12.7. The first-order chi connectivity index (χ1) is 30.0. The zero-order chi connectivity index (χ0) is 45.7. The lowest BCUT2D eigenvalue weighted by molar-refractivity contribution is -0.870. The Morgan fingerprint density at radius 3 is 1.44 bits per heavy atom. The summed E-state index contributed by atoms with van der Waals surface area (Å²) in [5.41, 5.74) is 0. The number of esters is 2. The molecule has 0 aromatic carbocycles. The van der Waals surface area contributed by atoms with Gasteiger partial charge in [0.05, 0.1) is 27.7 Å². The second kappa shape index (κ2) is 43.7. The topological polar surface area (TPSA) is 111 Å². The summed E-state index contributed by atoms with van der Waals surface area (Å²) in [4.78, 5) is 37.6. The van der Waals surface area contributed by atoms with Gasteiger partial charge in [0.2, 0.25) is 0 Å². The number of quaternary nitrogens is 1. The molecule has 0 rings (SSSR count). The number of phosphoric ester groups is 1. The summed E-state index contributed by atoms with van der Waals surface area (Å²) in [5.74, 6) is -0.905. The van der Waals surface area contributed by atoms with Crippen molar-refractivity contribution in [3.05, 3.63) is 72.9 Å². The van der Waals surface area contributed by atoms with Crippen LogP contribution in [0.3, 0.4) is 0 Å². The molecule has 10 heteroatoms. The van der Waals surface area contributed by atoms with E-state index in [2.05, 4.69) is 80.7 Å². The molecule has 0 saturated carbocycles. The van der Waals surface area contributed by atoms with Crippen molar-refractivity contribution in [1.29, 1.82) is 0 Å². The number of allylic oxidation sites excluding steroid dienone is 12. The maximum absolute atomic E-state index is 12.7. The number of carbonyl (C=O) groups is 2. The van der Waals surface area contributed by atoms with Gasteiger partial charge in [-0.15, -0.1) is 0 Å². The summed E-state index contributed by atoms with van der Waals surface area (Å²) in [6.45, 7) is 4.05. The molecule has 0 amide bonds. The van der Waals surface area contributed by atoms with Gasteiger partial charge in [0, 0.05) is 12.8 Å². The maximum Gasteiger partial charge on any atom is 0.306 e. The van der Waals surface area contributed by atoms with Crippen LogP contribution in [0.25, 0.3) is 0 Å². The molecule has 0 N–H and O–H groups in total. The molecule has 0 bridgehead atoms. The molecule has 0 heterocycles. The van der Waals surface area contributed by atoms with Crippen molar-refractivity contribution in [3.63, 3.8) is 0 Å². The number of nitrogens with zero attached hydrogens (tertiary/aromatic N) is 1. The first-order valence-electron chi connectivity index (χ1n) is 24.6. The Balaban J connectivity index is 4.34. The lowest BCUT2D eigenvalue weighted by Gasteiger charge is -2.28. The molecule has 0 spiro atoms. The van der Waals surface area contributed by atoms with Gasteiger partial charge >= 0.3 is 11.9 Å². The number of ether oxygens (including phenoxy) is 2. The van der Waals surface area contributed by atoms with Crippen LogP contribution in [0.1, 0.15) is 194 Å². The number of hydrogen-bond donors (Lipinski definition) is 0. The number of carbonyl (C=O) groups excluding carboxylic acids is 2. The van der Waals surface area contributed by atoms with Gasteiger partial charge < -0.3 is 27.9 Å². The number of likely N-dealkylation sites (N-methyl/N-ethyl adjacent to an activating group) is 1. The fraction of sp³-hybridized carbons (Fsp3) is 0.731. The monoisotopic (exact) mass is 890 g/mol. The molecule has 0 aromatic rings. The Morgan fingerprint density at radius 1 is 0.516 bits per heavy atom. The zero-order valence-corrected chi connectivity index (χ0v) is 41.2. The summed E-state index contributed by atoms with van der Waals surface area (Å²) < 4.78 is 33.9. The molecule has 0 aliphatic heterocycles. The molecular weight excluding hydrogens is 798 g/mol. The van der Waals surface area contributed by atoms with E-state index < -0.39 is 32.5 Å². The highest BCUT2D eigenvalue weighted by Gasteiger charge is 2.21. The van der Waals surface area contributed by atoms with Gasteiger partial charge in [0.25, 0.3) is 7.82 Å². The van der Waals surface area contributed by atoms with Crippen molar-refractivity contribution >= 4 is 19.8 Å². The van der Waals surface area contributed by atoms with E-state index in [-0.39, 0.29) is 26.1 Å². The van der Waals surface area contributed by atoms with Crippen LogP contribution in [0.2, 0.25) is 0 Å². The summed E-state index contributed by atoms with van der Waals surface area (Å²) >= 11 is 0. The first-order valence-corrected chi connectivity index (χ1v) is 26.1. The van der Waals surface area contributed by atoms with Crippen LogP contribution < -0.4 is 4.89 Å². The third-order valence-electron chi connectivity index (χ3n) is 10.2. The van der Waals surface area contributed by atoms with Crippen LogP contribution >= 0.6 is 7.82 Å². The van der Waals surface area contributed by atoms with Gasteiger partial charge in [-0.25, -0.2) is 0 Å². The number of phosphoric acid groups is 1. The molecule has 0 fully saturated rings. The van der Waals surface area contributed by atoms with Crippen LogP contribution in [-0.2, 0) is 32.7 Å². The quantitative estimate of drug-likeness (QED) is 0.0195. The third-order valence-corrected chi connectivity index (χ3v) is 11.2. The fourth-order valence-corrected chi connectivity index (χ4v) is 7.12. The van der Waals surface area contributed by atoms with E-state index >= 15 is 0 Å². The van der Waals surface area contributed by atoms with Crippen LogP contribution in [0.5, 0.6) is 0 Å². The minimum Gasteiger partial charge on any atom is -0.756 e. The van der Waals surface area contributed by atoms with E-state index in [1.54, 1.807) is 0 Å². The van der Waals surface area contributed by atoms with Crippen molar-refractivity contribution in [1.82, 2.24) is 0 Å². The van der Waals surface area contributed by atoms with Crippen LogP contribution in [0.15, 0.2) is 72.9 Å². The normalized spacial score (nSPS) is 14.1. The van der Waals surface area contributed by atoms with Crippen molar-refractivity contribution < 1.29 is 42.1 Å². The molecule has 0 saturated heterocycles. The van der Waals surface area contributed by atoms with Gasteiger partial charge in [-0.05, 0) is 77.0 Å². The van der Waals surface area contributed by atoms with E-state index in [1.165, 1.54) is 103 Å². The van der Waals surface area contributed by atoms with Crippen molar-refractivity contribution in [2.75, 3.05) is 47.5 Å². The largest absolute Gasteiger partial charge is 0.756 e. The molecule has 9 nitrogen and oxygen atoms in total. The minimum absolute atomic E-state index is 0.0444. The molecule has 62 heavy (non-hydrogen) atoms.